The van der Waals surface area contributed by atoms with Crippen LogP contribution in [-0.2, 0) is 17.8 Å². The van der Waals surface area contributed by atoms with Crippen LogP contribution < -0.4 is 15.4 Å². The zero-order chi connectivity index (χ0) is 26.3. The number of ether oxygens (including phenoxy) is 1. The average molecular weight is 578 g/mol. The molecular formula is C30H33BrN4O3. The van der Waals surface area contributed by atoms with E-state index >= 15 is 0 Å². The first-order valence-corrected chi connectivity index (χ1v) is 14.1. The molecule has 5 rings (SSSR count). The normalized spacial score (nSPS) is 17.2. The van der Waals surface area contributed by atoms with Crippen LogP contribution in [0, 0.1) is 11.3 Å². The molecule has 0 unspecified atom stereocenters. The van der Waals surface area contributed by atoms with E-state index in [9.17, 15) is 4.79 Å². The van der Waals surface area contributed by atoms with Gasteiger partial charge < -0.3 is 19.8 Å². The molecule has 0 aliphatic carbocycles. The van der Waals surface area contributed by atoms with Crippen molar-refractivity contribution in [3.05, 3.63) is 76.0 Å². The minimum Gasteiger partial charge on any atom is -0.489 e. The van der Waals surface area contributed by atoms with Crippen LogP contribution in [0.15, 0.2) is 63.5 Å². The van der Waals surface area contributed by atoms with Crippen molar-refractivity contribution >= 4 is 21.8 Å². The first-order valence-electron chi connectivity index (χ1n) is 13.3. The Balaban J connectivity index is 1.06. The van der Waals surface area contributed by atoms with E-state index in [1.165, 1.54) is 5.56 Å². The Kier molecular flexibility index (Phi) is 8.79. The van der Waals surface area contributed by atoms with E-state index in [0.29, 0.717) is 17.1 Å². The molecule has 2 fully saturated rings. The molecule has 0 radical (unpaired) electrons. The number of piperidine rings is 2. The topological polar surface area (TPSA) is 90.5 Å². The molecule has 2 aliphatic heterocycles. The number of hydrogen-bond donors (Lipinski definition) is 2. The van der Waals surface area contributed by atoms with Crippen LogP contribution in [0.25, 0.3) is 11.3 Å². The van der Waals surface area contributed by atoms with Gasteiger partial charge in [-0.15, -0.1) is 0 Å². The maximum Gasteiger partial charge on any atom is 0.227 e. The smallest absolute Gasteiger partial charge is 0.227 e. The summed E-state index contributed by atoms with van der Waals surface area (Å²) in [6.07, 6.45) is 4.42. The Morgan fingerprint density at radius 1 is 1.11 bits per heavy atom. The van der Waals surface area contributed by atoms with Gasteiger partial charge in [0.15, 0.2) is 0 Å². The summed E-state index contributed by atoms with van der Waals surface area (Å²) >= 11 is 3.70. The summed E-state index contributed by atoms with van der Waals surface area (Å²) < 4.78 is 13.1. The molecule has 2 saturated heterocycles. The van der Waals surface area contributed by atoms with Crippen LogP contribution in [0.5, 0.6) is 5.75 Å². The zero-order valence-electron chi connectivity index (χ0n) is 21.4. The standard InChI is InChI=1S/C30H33BrN4O3/c31-27-17-22(4-6-29(27)37-25-8-12-33-13-9-25)20-35-14-10-24(11-15-35)34-30(36)18-26-5-7-28(38-26)23-3-1-2-21(16-23)19-32/h1-7,16-17,24-25,33H,8-15,18,20H2,(H,34,36). The average Bonchev–Trinajstić information content (AvgIpc) is 3.40. The van der Waals surface area contributed by atoms with Crippen molar-refractivity contribution in [1.29, 1.82) is 5.26 Å². The maximum absolute atomic E-state index is 12.7. The van der Waals surface area contributed by atoms with Gasteiger partial charge in [0.2, 0.25) is 5.91 Å². The van der Waals surface area contributed by atoms with E-state index in [2.05, 4.69) is 55.7 Å². The molecule has 1 amide bonds. The molecule has 3 aromatic rings. The van der Waals surface area contributed by atoms with Crippen LogP contribution in [-0.4, -0.2) is 49.1 Å². The lowest BCUT2D eigenvalue weighted by Crippen LogP contribution is -2.44. The predicted molar refractivity (Wildman–Crippen MR) is 150 cm³/mol. The molecule has 0 saturated carbocycles. The van der Waals surface area contributed by atoms with Crippen molar-refractivity contribution in [2.75, 3.05) is 26.2 Å². The number of rotatable bonds is 8. The number of carbonyl (C=O) groups is 1. The van der Waals surface area contributed by atoms with Crippen molar-refractivity contribution < 1.29 is 13.9 Å². The summed E-state index contributed by atoms with van der Waals surface area (Å²) in [5.74, 6) is 2.18. The number of nitrogens with zero attached hydrogens (tertiary/aromatic N) is 2. The van der Waals surface area contributed by atoms with Crippen LogP contribution in [0.1, 0.15) is 42.6 Å². The summed E-state index contributed by atoms with van der Waals surface area (Å²) in [7, 11) is 0. The third-order valence-corrected chi connectivity index (χ3v) is 7.83. The van der Waals surface area contributed by atoms with Gasteiger partial charge in [0.05, 0.1) is 22.5 Å². The van der Waals surface area contributed by atoms with Crippen molar-refractivity contribution in [2.45, 2.75) is 50.8 Å². The number of furan rings is 1. The van der Waals surface area contributed by atoms with E-state index < -0.39 is 0 Å². The van der Waals surface area contributed by atoms with Crippen molar-refractivity contribution in [1.82, 2.24) is 15.5 Å². The van der Waals surface area contributed by atoms with Gasteiger partial charge in [0.25, 0.3) is 0 Å². The minimum atomic E-state index is -0.0246. The first-order chi connectivity index (χ1) is 18.6. The number of nitrogens with one attached hydrogen (secondary N) is 2. The Labute approximate surface area is 232 Å². The molecule has 0 atom stereocenters. The fraction of sp³-hybridized carbons (Fsp3) is 0.400. The highest BCUT2D eigenvalue weighted by molar-refractivity contribution is 9.10. The van der Waals surface area contributed by atoms with Gasteiger partial charge >= 0.3 is 0 Å². The lowest BCUT2D eigenvalue weighted by molar-refractivity contribution is -0.121. The monoisotopic (exact) mass is 576 g/mol. The lowest BCUT2D eigenvalue weighted by Gasteiger charge is -2.32. The van der Waals surface area contributed by atoms with Gasteiger partial charge in [-0.2, -0.15) is 5.26 Å². The van der Waals surface area contributed by atoms with Gasteiger partial charge in [-0.05, 0) is 96.7 Å². The Morgan fingerprint density at radius 3 is 2.68 bits per heavy atom. The summed E-state index contributed by atoms with van der Waals surface area (Å²) in [6, 6.07) is 19.7. The van der Waals surface area contributed by atoms with E-state index in [0.717, 1.165) is 74.2 Å². The molecule has 38 heavy (non-hydrogen) atoms. The number of halogens is 1. The number of likely N-dealkylation sites (tertiary alicyclic amines) is 1. The molecule has 7 nitrogen and oxygen atoms in total. The number of benzene rings is 2. The van der Waals surface area contributed by atoms with Crippen LogP contribution in [0.4, 0.5) is 0 Å². The highest BCUT2D eigenvalue weighted by Crippen LogP contribution is 2.29. The summed E-state index contributed by atoms with van der Waals surface area (Å²) in [6.45, 7) is 4.79. The molecule has 0 spiro atoms. The molecule has 8 heteroatoms. The van der Waals surface area contributed by atoms with Gasteiger partial charge in [0, 0.05) is 31.2 Å². The maximum atomic E-state index is 12.7. The van der Waals surface area contributed by atoms with E-state index in [1.54, 1.807) is 12.1 Å². The number of carbonyl (C=O) groups excluding carboxylic acids is 1. The summed E-state index contributed by atoms with van der Waals surface area (Å²) in [5.41, 5.74) is 2.67. The second-order valence-electron chi connectivity index (χ2n) is 10.1. The van der Waals surface area contributed by atoms with E-state index in [-0.39, 0.29) is 24.5 Å². The summed E-state index contributed by atoms with van der Waals surface area (Å²) in [5, 5.41) is 15.7. The van der Waals surface area contributed by atoms with Crippen molar-refractivity contribution in [3.63, 3.8) is 0 Å². The second kappa shape index (κ2) is 12.6. The molecule has 2 N–H and O–H groups in total. The minimum absolute atomic E-state index is 0.0246. The van der Waals surface area contributed by atoms with Crippen LogP contribution >= 0.6 is 15.9 Å². The van der Waals surface area contributed by atoms with E-state index in [1.807, 2.05) is 24.3 Å². The fourth-order valence-electron chi connectivity index (χ4n) is 5.13. The molecule has 2 aromatic carbocycles. The second-order valence-corrected chi connectivity index (χ2v) is 10.9. The van der Waals surface area contributed by atoms with Crippen LogP contribution in [0.2, 0.25) is 0 Å². The van der Waals surface area contributed by atoms with Gasteiger partial charge in [-0.1, -0.05) is 18.2 Å². The summed E-state index contributed by atoms with van der Waals surface area (Å²) in [4.78, 5) is 15.1. The largest absolute Gasteiger partial charge is 0.489 e. The van der Waals surface area contributed by atoms with Crippen molar-refractivity contribution in [2.24, 2.45) is 0 Å². The third kappa shape index (κ3) is 7.04. The first kappa shape index (κ1) is 26.5. The van der Waals surface area contributed by atoms with Crippen molar-refractivity contribution in [3.8, 4) is 23.1 Å². The van der Waals surface area contributed by atoms with Gasteiger partial charge in [0.1, 0.15) is 23.4 Å². The Hall–Kier alpha value is -3.12. The molecular weight excluding hydrogens is 544 g/mol. The molecule has 1 aromatic heterocycles. The Bertz CT molecular complexity index is 1290. The highest BCUT2D eigenvalue weighted by Gasteiger charge is 2.22. The fourth-order valence-corrected chi connectivity index (χ4v) is 5.65. The molecule has 198 valence electrons. The van der Waals surface area contributed by atoms with Gasteiger partial charge in [-0.25, -0.2) is 0 Å². The zero-order valence-corrected chi connectivity index (χ0v) is 23.0. The molecule has 3 heterocycles. The molecule has 0 bridgehead atoms. The van der Waals surface area contributed by atoms with Gasteiger partial charge in [-0.3, -0.25) is 9.69 Å². The van der Waals surface area contributed by atoms with E-state index in [4.69, 9.17) is 14.4 Å². The molecule has 2 aliphatic rings. The number of hydrogen-bond acceptors (Lipinski definition) is 6. The lowest BCUT2D eigenvalue weighted by atomic mass is 10.0. The third-order valence-electron chi connectivity index (χ3n) is 7.21. The Morgan fingerprint density at radius 2 is 1.92 bits per heavy atom. The SMILES string of the molecule is N#Cc1cccc(-c2ccc(CC(=O)NC3CCN(Cc4ccc(OC5CCNCC5)c(Br)c4)CC3)o2)c1. The predicted octanol–water partition coefficient (Wildman–Crippen LogP) is 5.03. The quantitative estimate of drug-likeness (QED) is 0.390. The van der Waals surface area contributed by atoms with Crippen LogP contribution in [0.3, 0.4) is 0 Å². The highest BCUT2D eigenvalue weighted by atomic mass is 79.9. The number of nitriles is 1. The number of amides is 1.